The lowest BCUT2D eigenvalue weighted by Gasteiger charge is -2.28. The number of piperidine rings is 1. The number of nitro groups is 1. The molecule has 31 heavy (non-hydrogen) atoms. The number of primary amides is 1. The number of hydrogen-bond acceptors (Lipinski definition) is 6. The van der Waals surface area contributed by atoms with E-state index in [2.05, 4.69) is 12.2 Å². The highest BCUT2D eigenvalue weighted by Gasteiger charge is 2.28. The van der Waals surface area contributed by atoms with E-state index >= 15 is 0 Å². The molecule has 2 aromatic rings. The Hall–Kier alpha value is -2.94. The van der Waals surface area contributed by atoms with Gasteiger partial charge in [0.15, 0.2) is 0 Å². The number of nitrogens with two attached hydrogens (primary N) is 1. The quantitative estimate of drug-likeness (QED) is 0.533. The third kappa shape index (κ3) is 4.27. The van der Waals surface area contributed by atoms with Crippen molar-refractivity contribution in [3.8, 4) is 0 Å². The van der Waals surface area contributed by atoms with E-state index in [9.17, 15) is 19.7 Å². The molecule has 1 saturated heterocycles. The number of nitrogens with one attached hydrogen (secondary N) is 1. The van der Waals surface area contributed by atoms with Gasteiger partial charge in [0.05, 0.1) is 10.5 Å². The van der Waals surface area contributed by atoms with Crippen molar-refractivity contribution in [1.29, 1.82) is 0 Å². The zero-order chi connectivity index (χ0) is 22.1. The highest BCUT2D eigenvalue weighted by atomic mass is 32.1. The number of benzene rings is 1. The lowest BCUT2D eigenvalue weighted by Crippen LogP contribution is -2.30. The smallest absolute Gasteiger partial charge is 0.293 e. The lowest BCUT2D eigenvalue weighted by atomic mass is 9.88. The highest BCUT2D eigenvalue weighted by molar-refractivity contribution is 7.17. The van der Waals surface area contributed by atoms with Crippen LogP contribution in [0.25, 0.3) is 0 Å². The lowest BCUT2D eigenvalue weighted by molar-refractivity contribution is -0.384. The van der Waals surface area contributed by atoms with Crippen LogP contribution in [0.3, 0.4) is 0 Å². The molecule has 0 saturated carbocycles. The average molecular weight is 443 g/mol. The van der Waals surface area contributed by atoms with Crippen LogP contribution in [0.2, 0.25) is 0 Å². The van der Waals surface area contributed by atoms with Gasteiger partial charge in [0, 0.05) is 29.6 Å². The van der Waals surface area contributed by atoms with Crippen molar-refractivity contribution in [2.24, 2.45) is 11.7 Å². The van der Waals surface area contributed by atoms with E-state index in [1.54, 1.807) is 12.1 Å². The molecule has 1 aliphatic heterocycles. The minimum Gasteiger partial charge on any atom is -0.366 e. The number of rotatable bonds is 5. The van der Waals surface area contributed by atoms with Crippen LogP contribution in [-0.4, -0.2) is 29.8 Å². The van der Waals surface area contributed by atoms with Crippen LogP contribution >= 0.6 is 11.3 Å². The molecule has 1 aromatic carbocycles. The largest absolute Gasteiger partial charge is 0.366 e. The summed E-state index contributed by atoms with van der Waals surface area (Å²) >= 11 is 1.38. The van der Waals surface area contributed by atoms with E-state index in [0.29, 0.717) is 22.2 Å². The van der Waals surface area contributed by atoms with Crippen LogP contribution < -0.4 is 16.0 Å². The van der Waals surface area contributed by atoms with Crippen molar-refractivity contribution >= 4 is 39.5 Å². The van der Waals surface area contributed by atoms with E-state index < -0.39 is 16.7 Å². The monoisotopic (exact) mass is 442 g/mol. The number of carbonyl (C=O) groups is 2. The Morgan fingerprint density at radius 2 is 2.00 bits per heavy atom. The molecule has 164 valence electrons. The van der Waals surface area contributed by atoms with Gasteiger partial charge in [-0.1, -0.05) is 6.92 Å². The van der Waals surface area contributed by atoms with Crippen LogP contribution in [0, 0.1) is 16.0 Å². The van der Waals surface area contributed by atoms with Gasteiger partial charge in [-0.2, -0.15) is 0 Å². The van der Waals surface area contributed by atoms with Gasteiger partial charge in [-0.3, -0.25) is 19.7 Å². The first-order valence-electron chi connectivity index (χ1n) is 10.6. The molecule has 8 nitrogen and oxygen atoms in total. The molecule has 3 N–H and O–H groups in total. The van der Waals surface area contributed by atoms with Crippen molar-refractivity contribution < 1.29 is 14.5 Å². The molecule has 9 heteroatoms. The molecule has 0 bridgehead atoms. The fourth-order valence-electron chi connectivity index (χ4n) is 4.49. The summed E-state index contributed by atoms with van der Waals surface area (Å²) in [6.07, 6.45) is 5.70. The first-order chi connectivity index (χ1) is 14.8. The second kappa shape index (κ2) is 8.66. The van der Waals surface area contributed by atoms with E-state index in [0.717, 1.165) is 62.1 Å². The van der Waals surface area contributed by atoms with E-state index in [4.69, 9.17) is 5.73 Å². The van der Waals surface area contributed by atoms with Crippen molar-refractivity contribution in [3.63, 3.8) is 0 Å². The molecule has 0 spiro atoms. The summed E-state index contributed by atoms with van der Waals surface area (Å²) in [4.78, 5) is 39.4. The van der Waals surface area contributed by atoms with Gasteiger partial charge < -0.3 is 16.0 Å². The Morgan fingerprint density at radius 1 is 1.26 bits per heavy atom. The first kappa shape index (κ1) is 21.3. The zero-order valence-electron chi connectivity index (χ0n) is 17.5. The number of nitro benzene ring substituents is 1. The molecular formula is C22H26N4O4S. The summed E-state index contributed by atoms with van der Waals surface area (Å²) in [5.74, 6) is -0.531. The summed E-state index contributed by atoms with van der Waals surface area (Å²) in [6, 6.07) is 4.57. The summed E-state index contributed by atoms with van der Waals surface area (Å²) in [7, 11) is 0. The van der Waals surface area contributed by atoms with Crippen molar-refractivity contribution in [2.75, 3.05) is 23.3 Å². The Morgan fingerprint density at radius 3 is 2.68 bits per heavy atom. The van der Waals surface area contributed by atoms with Gasteiger partial charge in [-0.25, -0.2) is 0 Å². The van der Waals surface area contributed by atoms with Crippen LogP contribution in [-0.2, 0) is 12.8 Å². The Balaban J connectivity index is 1.63. The molecule has 4 rings (SSSR count). The van der Waals surface area contributed by atoms with Gasteiger partial charge in [0.25, 0.3) is 17.5 Å². The summed E-state index contributed by atoms with van der Waals surface area (Å²) in [5, 5.41) is 14.9. The van der Waals surface area contributed by atoms with E-state index in [1.165, 1.54) is 17.4 Å². The van der Waals surface area contributed by atoms with Gasteiger partial charge in [-0.05, 0) is 62.1 Å². The summed E-state index contributed by atoms with van der Waals surface area (Å²) in [5.41, 5.74) is 7.57. The number of hydrogen-bond donors (Lipinski definition) is 2. The number of carbonyl (C=O) groups excluding carboxylic acids is 2. The maximum absolute atomic E-state index is 12.9. The SMILES string of the molecule is C[C@H]1CCc2c(sc(NC(=O)c3ccc(N4CCCCC4)c([N+](=O)[O-])c3)c2C(N)=O)C1. The van der Waals surface area contributed by atoms with Crippen molar-refractivity contribution in [2.45, 2.75) is 45.4 Å². The number of anilines is 2. The normalized spacial score (nSPS) is 18.4. The van der Waals surface area contributed by atoms with Gasteiger partial charge in [0.2, 0.25) is 0 Å². The van der Waals surface area contributed by atoms with Crippen molar-refractivity contribution in [3.05, 3.63) is 49.9 Å². The number of fused-ring (bicyclic) bond motifs is 1. The predicted octanol–water partition coefficient (Wildman–Crippen LogP) is 4.12. The highest BCUT2D eigenvalue weighted by Crippen LogP contribution is 2.40. The molecule has 1 aromatic heterocycles. The molecule has 2 amide bonds. The molecule has 2 heterocycles. The molecular weight excluding hydrogens is 416 g/mol. The minimum absolute atomic E-state index is 0.0797. The second-order valence-corrected chi connectivity index (χ2v) is 9.49. The second-order valence-electron chi connectivity index (χ2n) is 8.38. The average Bonchev–Trinajstić information content (AvgIpc) is 3.10. The first-order valence-corrected chi connectivity index (χ1v) is 11.5. The van der Waals surface area contributed by atoms with E-state index in [1.807, 2.05) is 4.90 Å². The number of nitrogens with zero attached hydrogens (tertiary/aromatic N) is 2. The van der Waals surface area contributed by atoms with Crippen molar-refractivity contribution in [1.82, 2.24) is 0 Å². The maximum atomic E-state index is 12.9. The van der Waals surface area contributed by atoms with Gasteiger partial charge >= 0.3 is 0 Å². The minimum atomic E-state index is -0.561. The van der Waals surface area contributed by atoms with Crippen LogP contribution in [0.1, 0.15) is 63.8 Å². The fourth-order valence-corrected chi connectivity index (χ4v) is 5.90. The molecule has 0 radical (unpaired) electrons. The summed E-state index contributed by atoms with van der Waals surface area (Å²) < 4.78 is 0. The Bertz CT molecular complexity index is 1040. The molecule has 0 unspecified atom stereocenters. The number of amides is 2. The molecule has 1 fully saturated rings. The summed E-state index contributed by atoms with van der Waals surface area (Å²) in [6.45, 7) is 3.70. The predicted molar refractivity (Wildman–Crippen MR) is 121 cm³/mol. The molecule has 2 aliphatic rings. The van der Waals surface area contributed by atoms with Gasteiger partial charge in [-0.15, -0.1) is 11.3 Å². The van der Waals surface area contributed by atoms with Gasteiger partial charge in [0.1, 0.15) is 10.7 Å². The fraction of sp³-hybridized carbons (Fsp3) is 0.455. The Labute approximate surface area is 184 Å². The third-order valence-corrected chi connectivity index (χ3v) is 7.29. The number of thiophene rings is 1. The van der Waals surface area contributed by atoms with E-state index in [-0.39, 0.29) is 11.3 Å². The topological polar surface area (TPSA) is 119 Å². The molecule has 1 atom stereocenters. The third-order valence-electron chi connectivity index (χ3n) is 6.12. The molecule has 1 aliphatic carbocycles. The standard InChI is InChI=1S/C22H26N4O4S/c1-13-5-7-15-18(11-13)31-22(19(15)20(23)27)24-21(28)14-6-8-16(17(12-14)26(29)30)25-9-3-2-4-10-25/h6,8,12-13H,2-5,7,9-11H2,1H3,(H2,23,27)(H,24,28)/t13-/m0/s1. The maximum Gasteiger partial charge on any atom is 0.293 e. The van der Waals surface area contributed by atoms with Crippen LogP contribution in [0.5, 0.6) is 0 Å². The zero-order valence-corrected chi connectivity index (χ0v) is 18.3. The van der Waals surface area contributed by atoms with Crippen LogP contribution in [0.4, 0.5) is 16.4 Å². The van der Waals surface area contributed by atoms with Crippen LogP contribution in [0.15, 0.2) is 18.2 Å². The Kier molecular flexibility index (Phi) is 5.95.